The zero-order chi connectivity index (χ0) is 14.5. The number of aromatic nitrogens is 3. The van der Waals surface area contributed by atoms with Crippen molar-refractivity contribution in [3.8, 4) is 0 Å². The monoisotopic (exact) mass is 283 g/mol. The van der Waals surface area contributed by atoms with Gasteiger partial charge in [-0.25, -0.2) is 4.98 Å². The maximum Gasteiger partial charge on any atom is 0.224 e. The van der Waals surface area contributed by atoms with Crippen molar-refractivity contribution in [3.63, 3.8) is 0 Å². The molecule has 0 amide bonds. The first-order valence-electron chi connectivity index (χ1n) is 7.52. The Kier molecular flexibility index (Phi) is 4.28. The number of nitrogens with one attached hydrogen (secondary N) is 1. The quantitative estimate of drug-likeness (QED) is 0.935. The van der Waals surface area contributed by atoms with Crippen LogP contribution >= 0.6 is 0 Å². The Bertz CT molecular complexity index is 564. The normalized spacial score (nSPS) is 16.0. The number of rotatable bonds is 4. The summed E-state index contributed by atoms with van der Waals surface area (Å²) in [5.74, 6) is 2.53. The van der Waals surface area contributed by atoms with Crippen LogP contribution in [0.4, 0.5) is 11.8 Å². The van der Waals surface area contributed by atoms with Crippen molar-refractivity contribution in [2.75, 3.05) is 23.3 Å². The van der Waals surface area contributed by atoms with Crippen molar-refractivity contribution in [1.82, 2.24) is 15.0 Å². The highest BCUT2D eigenvalue weighted by atomic mass is 15.2. The van der Waals surface area contributed by atoms with E-state index in [1.165, 1.54) is 18.4 Å². The van der Waals surface area contributed by atoms with Crippen LogP contribution < -0.4 is 10.2 Å². The zero-order valence-corrected chi connectivity index (χ0v) is 12.4. The number of hydrogen-bond acceptors (Lipinski definition) is 5. The Morgan fingerprint density at radius 3 is 2.67 bits per heavy atom. The number of piperidine rings is 1. The number of nitrogens with zero attached hydrogens (tertiary/aromatic N) is 4. The second kappa shape index (κ2) is 6.52. The number of anilines is 2. The molecule has 0 radical (unpaired) electrons. The highest BCUT2D eigenvalue weighted by Gasteiger charge is 2.17. The second-order valence-electron chi connectivity index (χ2n) is 5.62. The van der Waals surface area contributed by atoms with Crippen LogP contribution in [0.1, 0.15) is 25.3 Å². The van der Waals surface area contributed by atoms with Gasteiger partial charge in [-0.15, -0.1) is 0 Å². The average molecular weight is 283 g/mol. The van der Waals surface area contributed by atoms with E-state index in [0.717, 1.165) is 24.8 Å². The van der Waals surface area contributed by atoms with Gasteiger partial charge in [-0.05, 0) is 42.5 Å². The van der Waals surface area contributed by atoms with Gasteiger partial charge in [0, 0.05) is 38.2 Å². The van der Waals surface area contributed by atoms with E-state index in [4.69, 9.17) is 0 Å². The minimum Gasteiger partial charge on any atom is -0.356 e. The molecule has 2 aromatic heterocycles. The van der Waals surface area contributed by atoms with Crippen LogP contribution in [0.5, 0.6) is 0 Å². The van der Waals surface area contributed by atoms with Gasteiger partial charge < -0.3 is 10.2 Å². The van der Waals surface area contributed by atoms with Gasteiger partial charge >= 0.3 is 0 Å². The second-order valence-corrected chi connectivity index (χ2v) is 5.62. The molecule has 5 nitrogen and oxygen atoms in total. The zero-order valence-electron chi connectivity index (χ0n) is 12.4. The van der Waals surface area contributed by atoms with Crippen molar-refractivity contribution < 1.29 is 0 Å². The molecule has 0 aromatic carbocycles. The highest BCUT2D eigenvalue weighted by Crippen LogP contribution is 2.21. The van der Waals surface area contributed by atoms with E-state index in [1.807, 2.05) is 24.4 Å². The molecule has 3 heterocycles. The molecule has 1 aliphatic heterocycles. The third kappa shape index (κ3) is 3.68. The van der Waals surface area contributed by atoms with E-state index in [-0.39, 0.29) is 0 Å². The summed E-state index contributed by atoms with van der Waals surface area (Å²) in [6.45, 7) is 5.20. The van der Waals surface area contributed by atoms with Crippen LogP contribution in [-0.2, 0) is 6.54 Å². The molecule has 1 fully saturated rings. The molecule has 21 heavy (non-hydrogen) atoms. The first kappa shape index (κ1) is 13.8. The molecule has 0 bridgehead atoms. The van der Waals surface area contributed by atoms with Gasteiger partial charge in [0.25, 0.3) is 0 Å². The lowest BCUT2D eigenvalue weighted by atomic mass is 9.99. The minimum atomic E-state index is 0.683. The van der Waals surface area contributed by atoms with Crippen LogP contribution in [0.2, 0.25) is 0 Å². The topological polar surface area (TPSA) is 53.9 Å². The Balaban J connectivity index is 1.63. The lowest BCUT2D eigenvalue weighted by Crippen LogP contribution is -2.33. The molecule has 3 rings (SSSR count). The minimum absolute atomic E-state index is 0.683. The van der Waals surface area contributed by atoms with E-state index in [1.54, 1.807) is 12.4 Å². The molecular formula is C16H21N5. The van der Waals surface area contributed by atoms with Gasteiger partial charge in [-0.1, -0.05) is 6.92 Å². The molecule has 0 unspecified atom stereocenters. The molecule has 2 aromatic rings. The van der Waals surface area contributed by atoms with Gasteiger partial charge in [0.05, 0.1) is 0 Å². The Morgan fingerprint density at radius 1 is 1.14 bits per heavy atom. The van der Waals surface area contributed by atoms with Crippen molar-refractivity contribution in [1.29, 1.82) is 0 Å². The van der Waals surface area contributed by atoms with Crippen LogP contribution in [0.15, 0.2) is 36.8 Å². The molecule has 1 saturated heterocycles. The molecule has 1 aliphatic rings. The smallest absolute Gasteiger partial charge is 0.224 e. The fraction of sp³-hybridized carbons (Fsp3) is 0.438. The summed E-state index contributed by atoms with van der Waals surface area (Å²) < 4.78 is 0. The summed E-state index contributed by atoms with van der Waals surface area (Å²) >= 11 is 0. The molecule has 0 saturated carbocycles. The third-order valence-corrected chi connectivity index (χ3v) is 3.95. The molecule has 0 spiro atoms. The van der Waals surface area contributed by atoms with Crippen molar-refractivity contribution in [3.05, 3.63) is 42.4 Å². The Morgan fingerprint density at radius 2 is 1.90 bits per heavy atom. The third-order valence-electron chi connectivity index (χ3n) is 3.95. The van der Waals surface area contributed by atoms with E-state index in [0.29, 0.717) is 12.5 Å². The predicted octanol–water partition coefficient (Wildman–Crippen LogP) is 2.72. The maximum absolute atomic E-state index is 4.62. The van der Waals surface area contributed by atoms with E-state index in [9.17, 15) is 0 Å². The summed E-state index contributed by atoms with van der Waals surface area (Å²) in [7, 11) is 0. The largest absolute Gasteiger partial charge is 0.356 e. The van der Waals surface area contributed by atoms with Crippen molar-refractivity contribution >= 4 is 11.8 Å². The number of pyridine rings is 1. The molecule has 5 heteroatoms. The number of hydrogen-bond donors (Lipinski definition) is 1. The highest BCUT2D eigenvalue weighted by molar-refractivity contribution is 5.43. The summed E-state index contributed by atoms with van der Waals surface area (Å²) in [5, 5.41) is 3.27. The average Bonchev–Trinajstić information content (AvgIpc) is 2.55. The Hall–Kier alpha value is -2.17. The van der Waals surface area contributed by atoms with E-state index >= 15 is 0 Å². The lowest BCUT2D eigenvalue weighted by molar-refractivity contribution is 0.436. The van der Waals surface area contributed by atoms with Crippen molar-refractivity contribution in [2.45, 2.75) is 26.3 Å². The molecule has 1 N–H and O–H groups in total. The molecule has 0 aliphatic carbocycles. The first-order valence-corrected chi connectivity index (χ1v) is 7.52. The summed E-state index contributed by atoms with van der Waals surface area (Å²) in [6.07, 6.45) is 7.90. The SMILES string of the molecule is CC1CCN(c2ccnc(NCc3ccncc3)n2)CC1. The predicted molar refractivity (Wildman–Crippen MR) is 84.2 cm³/mol. The standard InChI is InChI=1S/C16H21N5/c1-13-5-10-21(11-6-13)15-4-9-18-16(20-15)19-12-14-2-7-17-8-3-14/h2-4,7-9,13H,5-6,10-12H2,1H3,(H,18,19,20). The lowest BCUT2D eigenvalue weighted by Gasteiger charge is -2.31. The van der Waals surface area contributed by atoms with Gasteiger partial charge in [0.15, 0.2) is 0 Å². The summed E-state index contributed by atoms with van der Waals surface area (Å²) in [5.41, 5.74) is 1.17. The Labute approximate surface area is 125 Å². The fourth-order valence-corrected chi connectivity index (χ4v) is 2.53. The van der Waals surface area contributed by atoms with Crippen LogP contribution in [0, 0.1) is 5.92 Å². The first-order chi connectivity index (χ1) is 10.3. The maximum atomic E-state index is 4.62. The van der Waals surface area contributed by atoms with Gasteiger partial charge in [-0.3, -0.25) is 4.98 Å². The summed E-state index contributed by atoms with van der Waals surface area (Å²) in [4.78, 5) is 15.3. The van der Waals surface area contributed by atoms with Crippen LogP contribution in [0.25, 0.3) is 0 Å². The van der Waals surface area contributed by atoms with E-state index < -0.39 is 0 Å². The van der Waals surface area contributed by atoms with E-state index in [2.05, 4.69) is 32.1 Å². The van der Waals surface area contributed by atoms with Gasteiger partial charge in [0.1, 0.15) is 5.82 Å². The summed E-state index contributed by atoms with van der Waals surface area (Å²) in [6, 6.07) is 5.97. The molecule has 0 atom stereocenters. The van der Waals surface area contributed by atoms with Gasteiger partial charge in [-0.2, -0.15) is 4.98 Å². The van der Waals surface area contributed by atoms with Crippen LogP contribution in [-0.4, -0.2) is 28.0 Å². The van der Waals surface area contributed by atoms with Gasteiger partial charge in [0.2, 0.25) is 5.95 Å². The molecule has 110 valence electrons. The fourth-order valence-electron chi connectivity index (χ4n) is 2.53. The molecular weight excluding hydrogens is 262 g/mol. The van der Waals surface area contributed by atoms with Crippen LogP contribution in [0.3, 0.4) is 0 Å². The van der Waals surface area contributed by atoms with Crippen molar-refractivity contribution in [2.24, 2.45) is 5.92 Å².